The largest absolute Gasteiger partial charge is 0.494 e. The van der Waals surface area contributed by atoms with Gasteiger partial charge in [0.2, 0.25) is 0 Å². The van der Waals surface area contributed by atoms with Gasteiger partial charge in [-0.3, -0.25) is 0 Å². The van der Waals surface area contributed by atoms with E-state index in [4.69, 9.17) is 10.3 Å². The van der Waals surface area contributed by atoms with Crippen LogP contribution >= 0.6 is 8.69 Å². The van der Waals surface area contributed by atoms with Gasteiger partial charge in [0, 0.05) is 0 Å². The molecule has 0 aliphatic carbocycles. The Morgan fingerprint density at radius 1 is 1.70 bits per heavy atom. The molecule has 2 atom stereocenters. The molecule has 0 aromatic rings. The molecule has 0 aromatic carbocycles. The normalized spacial score (nSPS) is 13.8. The van der Waals surface area contributed by atoms with E-state index in [2.05, 4.69) is 6.92 Å². The third kappa shape index (κ3) is 4.86. The lowest BCUT2D eigenvalue weighted by molar-refractivity contribution is 0.257. The third-order valence-corrected chi connectivity index (χ3v) is 1.81. The molecular weight excluding hydrogens is 149 g/mol. The van der Waals surface area contributed by atoms with Crippen LogP contribution in [-0.2, 0) is 9.09 Å². The summed E-state index contributed by atoms with van der Waals surface area (Å²) in [5, 5.41) is 0. The van der Waals surface area contributed by atoms with Crippen LogP contribution in [0.15, 0.2) is 0 Å². The van der Waals surface area contributed by atoms with Crippen molar-refractivity contribution in [3.8, 4) is 0 Å². The first-order chi connectivity index (χ1) is 4.85. The van der Waals surface area contributed by atoms with Gasteiger partial charge in [0.05, 0.1) is 0 Å². The number of hydrogen-bond acceptors (Lipinski definition) is 3. The van der Waals surface area contributed by atoms with Crippen molar-refractivity contribution in [3.63, 3.8) is 0 Å². The highest BCUT2D eigenvalue weighted by Gasteiger charge is 2.06. The molecule has 10 heavy (non-hydrogen) atoms. The highest BCUT2D eigenvalue weighted by Crippen LogP contribution is 2.10. The summed E-state index contributed by atoms with van der Waals surface area (Å²) in [6, 6.07) is 0. The Morgan fingerprint density at radius 3 is 2.80 bits per heavy atom. The van der Waals surface area contributed by atoms with Crippen LogP contribution in [0, 0.1) is 5.92 Å². The van der Waals surface area contributed by atoms with Crippen molar-refractivity contribution in [2.75, 3.05) is 13.2 Å². The maximum Gasteiger partial charge on any atom is 0.494 e. The van der Waals surface area contributed by atoms with Crippen molar-refractivity contribution >= 4 is 8.69 Å². The summed E-state index contributed by atoms with van der Waals surface area (Å²) in [5.74, 6) is 0.478. The minimum atomic E-state index is -0.633. The van der Waals surface area contributed by atoms with Gasteiger partial charge in [-0.1, -0.05) is 13.3 Å². The molecule has 0 rings (SSSR count). The number of nitrogens with two attached hydrogens (primary N) is 1. The lowest BCUT2D eigenvalue weighted by Crippen LogP contribution is -2.11. The van der Waals surface area contributed by atoms with Crippen molar-refractivity contribution in [1.29, 1.82) is 0 Å². The first-order valence-electron chi connectivity index (χ1n) is 3.54. The summed E-state index contributed by atoms with van der Waals surface area (Å²) >= 11 is 0. The zero-order chi connectivity index (χ0) is 7.82. The van der Waals surface area contributed by atoms with E-state index in [1.165, 1.54) is 0 Å². The SMILES string of the molecule is CCC(CCN)CO[PH+]=O. The van der Waals surface area contributed by atoms with E-state index in [9.17, 15) is 4.57 Å². The molecule has 0 fully saturated rings. The molecule has 0 saturated carbocycles. The van der Waals surface area contributed by atoms with Crippen LogP contribution in [0.4, 0.5) is 0 Å². The van der Waals surface area contributed by atoms with Gasteiger partial charge < -0.3 is 5.73 Å². The van der Waals surface area contributed by atoms with Gasteiger partial charge in [-0.15, -0.1) is 4.52 Å². The predicted molar refractivity (Wildman–Crippen MR) is 42.4 cm³/mol. The lowest BCUT2D eigenvalue weighted by Gasteiger charge is -2.07. The van der Waals surface area contributed by atoms with E-state index < -0.39 is 8.69 Å². The average molecular weight is 164 g/mol. The van der Waals surface area contributed by atoms with Crippen molar-refractivity contribution in [1.82, 2.24) is 0 Å². The standard InChI is InChI=1S/C6H15NO2P/c1-2-6(3-4-7)5-9-10-8/h6,10H,2-5,7H2,1H3/q+1. The molecule has 2 unspecified atom stereocenters. The Balaban J connectivity index is 3.29. The quantitative estimate of drug-likeness (QED) is 0.602. The maximum atomic E-state index is 9.93. The van der Waals surface area contributed by atoms with Gasteiger partial charge in [0.1, 0.15) is 6.61 Å². The van der Waals surface area contributed by atoms with Crippen LogP contribution in [0.5, 0.6) is 0 Å². The monoisotopic (exact) mass is 164 g/mol. The fraction of sp³-hybridized carbons (Fsp3) is 1.00. The summed E-state index contributed by atoms with van der Waals surface area (Å²) in [6.07, 6.45) is 2.00. The first-order valence-corrected chi connectivity index (χ1v) is 4.35. The number of hydrogen-bond donors (Lipinski definition) is 1. The second-order valence-electron chi connectivity index (χ2n) is 2.25. The summed E-state index contributed by atoms with van der Waals surface area (Å²) in [5.41, 5.74) is 5.35. The summed E-state index contributed by atoms with van der Waals surface area (Å²) in [4.78, 5) is 0. The van der Waals surface area contributed by atoms with Crippen LogP contribution in [0.1, 0.15) is 19.8 Å². The fourth-order valence-electron chi connectivity index (χ4n) is 0.793. The Labute approximate surface area is 63.2 Å². The highest BCUT2D eigenvalue weighted by atomic mass is 31.1. The summed E-state index contributed by atoms with van der Waals surface area (Å²) < 4.78 is 14.7. The topological polar surface area (TPSA) is 52.3 Å². The van der Waals surface area contributed by atoms with Crippen LogP contribution in [-0.4, -0.2) is 13.2 Å². The van der Waals surface area contributed by atoms with Crippen LogP contribution < -0.4 is 5.73 Å². The molecule has 4 heteroatoms. The minimum Gasteiger partial charge on any atom is -0.330 e. The Bertz CT molecular complexity index is 89.8. The van der Waals surface area contributed by atoms with Crippen molar-refractivity contribution in [2.45, 2.75) is 19.8 Å². The zero-order valence-corrected chi connectivity index (χ0v) is 7.30. The average Bonchev–Trinajstić information content (AvgIpc) is 1.98. The van der Waals surface area contributed by atoms with Crippen molar-refractivity contribution < 1.29 is 9.09 Å². The molecule has 0 bridgehead atoms. The highest BCUT2D eigenvalue weighted by molar-refractivity contribution is 7.17. The van der Waals surface area contributed by atoms with E-state index in [1.54, 1.807) is 0 Å². The van der Waals surface area contributed by atoms with Crippen molar-refractivity contribution in [3.05, 3.63) is 0 Å². The van der Waals surface area contributed by atoms with Gasteiger partial charge >= 0.3 is 8.69 Å². The van der Waals surface area contributed by atoms with Gasteiger partial charge in [-0.2, -0.15) is 0 Å². The molecule has 0 radical (unpaired) electrons. The van der Waals surface area contributed by atoms with Crippen LogP contribution in [0.2, 0.25) is 0 Å². The van der Waals surface area contributed by atoms with E-state index in [1.807, 2.05) is 0 Å². The molecule has 0 saturated heterocycles. The third-order valence-electron chi connectivity index (χ3n) is 1.53. The molecule has 0 spiro atoms. The Kier molecular flexibility index (Phi) is 7.15. The second kappa shape index (κ2) is 7.13. The van der Waals surface area contributed by atoms with Crippen LogP contribution in [0.25, 0.3) is 0 Å². The molecule has 0 aliphatic rings. The summed E-state index contributed by atoms with van der Waals surface area (Å²) in [7, 11) is -0.633. The van der Waals surface area contributed by atoms with E-state index >= 15 is 0 Å². The maximum absolute atomic E-state index is 9.93. The molecule has 3 nitrogen and oxygen atoms in total. The van der Waals surface area contributed by atoms with Gasteiger partial charge in [0.25, 0.3) is 0 Å². The van der Waals surface area contributed by atoms with Crippen LogP contribution in [0.3, 0.4) is 0 Å². The molecule has 2 N–H and O–H groups in total. The van der Waals surface area contributed by atoms with Gasteiger partial charge in [0.15, 0.2) is 0 Å². The van der Waals surface area contributed by atoms with Gasteiger partial charge in [-0.05, 0) is 23.4 Å². The minimum absolute atomic E-state index is 0.478. The molecule has 0 aromatic heterocycles. The molecule has 0 heterocycles. The smallest absolute Gasteiger partial charge is 0.330 e. The van der Waals surface area contributed by atoms with Gasteiger partial charge in [-0.25, -0.2) is 0 Å². The van der Waals surface area contributed by atoms with E-state index in [-0.39, 0.29) is 0 Å². The molecule has 0 aliphatic heterocycles. The zero-order valence-electron chi connectivity index (χ0n) is 6.30. The summed E-state index contributed by atoms with van der Waals surface area (Å²) in [6.45, 7) is 3.34. The molecular formula is C6H15NO2P+. The lowest BCUT2D eigenvalue weighted by atomic mass is 10.0. The van der Waals surface area contributed by atoms with Crippen molar-refractivity contribution in [2.24, 2.45) is 11.7 Å². The second-order valence-corrected chi connectivity index (χ2v) is 2.70. The Hall–Kier alpha value is 0.0200. The first kappa shape index (κ1) is 10.0. The van der Waals surface area contributed by atoms with E-state index in [0.29, 0.717) is 19.1 Å². The molecule has 0 amide bonds. The Morgan fingerprint density at radius 2 is 2.40 bits per heavy atom. The fourth-order valence-corrected chi connectivity index (χ4v) is 1.10. The number of rotatable bonds is 6. The van der Waals surface area contributed by atoms with E-state index in [0.717, 1.165) is 12.8 Å². The predicted octanol–water partition coefficient (Wildman–Crippen LogP) is 1.32. The molecule has 60 valence electrons.